The van der Waals surface area contributed by atoms with E-state index < -0.39 is 28.0 Å². The molecule has 0 aliphatic carbocycles. The number of aromatic nitrogens is 3. The van der Waals surface area contributed by atoms with Crippen LogP contribution >= 0.6 is 11.3 Å². The second kappa shape index (κ2) is 9.62. The van der Waals surface area contributed by atoms with Crippen LogP contribution in [0.2, 0.25) is 0 Å². The predicted octanol–water partition coefficient (Wildman–Crippen LogP) is 2.62. The Balaban J connectivity index is 1.64. The van der Waals surface area contributed by atoms with Gasteiger partial charge < -0.3 is 10.1 Å². The monoisotopic (exact) mass is 461 g/mol. The molecule has 162 valence electrons. The van der Waals surface area contributed by atoms with Gasteiger partial charge in [0.1, 0.15) is 5.01 Å². The standard InChI is InChI=1S/C19H19N5O5S2/c1-3-16(29-18(26)13-8-10-20-11-9-13)17(25)21-14-4-6-15(7-5-14)31(27,28)24-19-23-22-12(2)30-19/h4-11,16H,3H2,1-2H3,(H,21,25)(H,23,24). The van der Waals surface area contributed by atoms with Crippen LogP contribution in [0.15, 0.2) is 53.7 Å². The average molecular weight is 462 g/mol. The Labute approximate surface area is 182 Å². The van der Waals surface area contributed by atoms with Gasteiger partial charge in [-0.1, -0.05) is 18.3 Å². The van der Waals surface area contributed by atoms with E-state index in [2.05, 4.69) is 25.2 Å². The quantitative estimate of drug-likeness (QED) is 0.488. The minimum absolute atomic E-state index is 0.00508. The molecule has 0 bridgehead atoms. The predicted molar refractivity (Wildman–Crippen MR) is 114 cm³/mol. The summed E-state index contributed by atoms with van der Waals surface area (Å²) in [5, 5.41) is 10.9. The molecular formula is C19H19N5O5S2. The molecule has 31 heavy (non-hydrogen) atoms. The highest BCUT2D eigenvalue weighted by atomic mass is 32.2. The lowest BCUT2D eigenvalue weighted by Gasteiger charge is -2.16. The van der Waals surface area contributed by atoms with Crippen LogP contribution in [-0.4, -0.2) is 41.6 Å². The molecule has 1 unspecified atom stereocenters. The maximum atomic E-state index is 12.5. The Bertz CT molecular complexity index is 1160. The maximum absolute atomic E-state index is 12.5. The molecule has 2 heterocycles. The molecule has 0 aliphatic heterocycles. The third-order valence-electron chi connectivity index (χ3n) is 4.01. The van der Waals surface area contributed by atoms with Crippen LogP contribution in [0.5, 0.6) is 0 Å². The number of esters is 1. The highest BCUT2D eigenvalue weighted by Crippen LogP contribution is 2.21. The Hall–Kier alpha value is -3.38. The lowest BCUT2D eigenvalue weighted by Crippen LogP contribution is -2.32. The van der Waals surface area contributed by atoms with Crippen molar-refractivity contribution in [1.82, 2.24) is 15.2 Å². The van der Waals surface area contributed by atoms with E-state index in [9.17, 15) is 18.0 Å². The molecule has 1 aromatic carbocycles. The van der Waals surface area contributed by atoms with E-state index in [1.165, 1.54) is 48.8 Å². The average Bonchev–Trinajstić information content (AvgIpc) is 3.16. The van der Waals surface area contributed by atoms with Gasteiger partial charge >= 0.3 is 5.97 Å². The number of nitrogens with zero attached hydrogens (tertiary/aromatic N) is 3. The summed E-state index contributed by atoms with van der Waals surface area (Å²) < 4.78 is 32.5. The molecule has 12 heteroatoms. The summed E-state index contributed by atoms with van der Waals surface area (Å²) in [6.45, 7) is 3.42. The van der Waals surface area contributed by atoms with Crippen LogP contribution in [0.4, 0.5) is 10.8 Å². The van der Waals surface area contributed by atoms with Crippen LogP contribution in [0.3, 0.4) is 0 Å². The van der Waals surface area contributed by atoms with E-state index in [4.69, 9.17) is 4.74 Å². The summed E-state index contributed by atoms with van der Waals surface area (Å²) in [7, 11) is -3.84. The van der Waals surface area contributed by atoms with Crippen LogP contribution in [0.1, 0.15) is 28.7 Å². The number of hydrogen-bond donors (Lipinski definition) is 2. The van der Waals surface area contributed by atoms with Crippen molar-refractivity contribution in [3.8, 4) is 0 Å². The molecule has 0 saturated heterocycles. The number of benzene rings is 1. The Morgan fingerprint density at radius 1 is 1.10 bits per heavy atom. The zero-order chi connectivity index (χ0) is 22.4. The summed E-state index contributed by atoms with van der Waals surface area (Å²) in [6, 6.07) is 8.54. The van der Waals surface area contributed by atoms with E-state index in [1.807, 2.05) is 0 Å². The zero-order valence-corrected chi connectivity index (χ0v) is 18.2. The number of hydrogen-bond acceptors (Lipinski definition) is 9. The number of pyridine rings is 1. The Kier molecular flexibility index (Phi) is 6.92. The molecular weight excluding hydrogens is 442 g/mol. The van der Waals surface area contributed by atoms with Gasteiger partial charge in [0, 0.05) is 18.1 Å². The first kappa shape index (κ1) is 22.3. The van der Waals surface area contributed by atoms with Crippen molar-refractivity contribution in [1.29, 1.82) is 0 Å². The van der Waals surface area contributed by atoms with E-state index in [1.54, 1.807) is 13.8 Å². The Morgan fingerprint density at radius 2 is 1.77 bits per heavy atom. The fourth-order valence-electron chi connectivity index (χ4n) is 2.46. The van der Waals surface area contributed by atoms with Gasteiger partial charge in [0.15, 0.2) is 6.10 Å². The summed E-state index contributed by atoms with van der Waals surface area (Å²) >= 11 is 1.12. The van der Waals surface area contributed by atoms with Crippen molar-refractivity contribution in [3.63, 3.8) is 0 Å². The molecule has 2 aromatic heterocycles. The molecule has 1 atom stereocenters. The molecule has 0 saturated carbocycles. The first-order chi connectivity index (χ1) is 14.8. The van der Waals surface area contributed by atoms with Gasteiger partial charge in [-0.2, -0.15) is 0 Å². The highest BCUT2D eigenvalue weighted by Gasteiger charge is 2.22. The third-order valence-corrected chi connectivity index (χ3v) is 6.25. The van der Waals surface area contributed by atoms with E-state index in [-0.39, 0.29) is 22.0 Å². The molecule has 3 aromatic rings. The van der Waals surface area contributed by atoms with Crippen molar-refractivity contribution >= 4 is 44.1 Å². The normalized spacial score (nSPS) is 12.1. The second-order valence-corrected chi connectivity index (χ2v) is 9.15. The van der Waals surface area contributed by atoms with E-state index in [0.717, 1.165) is 11.3 Å². The van der Waals surface area contributed by atoms with Gasteiger partial charge in [0.05, 0.1) is 10.5 Å². The lowest BCUT2D eigenvalue weighted by molar-refractivity contribution is -0.124. The van der Waals surface area contributed by atoms with Gasteiger partial charge in [0.25, 0.3) is 15.9 Å². The van der Waals surface area contributed by atoms with Crippen LogP contribution in [-0.2, 0) is 19.6 Å². The van der Waals surface area contributed by atoms with Crippen LogP contribution in [0.25, 0.3) is 0 Å². The number of nitrogens with one attached hydrogen (secondary N) is 2. The largest absolute Gasteiger partial charge is 0.449 e. The number of ether oxygens (including phenoxy) is 1. The van der Waals surface area contributed by atoms with Crippen LogP contribution < -0.4 is 10.0 Å². The first-order valence-corrected chi connectivity index (χ1v) is 11.4. The van der Waals surface area contributed by atoms with Gasteiger partial charge in [0.2, 0.25) is 5.13 Å². The number of anilines is 2. The number of amides is 1. The third kappa shape index (κ3) is 5.83. The maximum Gasteiger partial charge on any atom is 0.339 e. The first-order valence-electron chi connectivity index (χ1n) is 9.13. The van der Waals surface area contributed by atoms with Crippen molar-refractivity contribution in [2.45, 2.75) is 31.3 Å². The van der Waals surface area contributed by atoms with Crippen molar-refractivity contribution < 1.29 is 22.7 Å². The van der Waals surface area contributed by atoms with Gasteiger partial charge in [-0.15, -0.1) is 10.2 Å². The highest BCUT2D eigenvalue weighted by molar-refractivity contribution is 7.93. The van der Waals surface area contributed by atoms with E-state index in [0.29, 0.717) is 10.7 Å². The molecule has 0 radical (unpaired) electrons. The molecule has 0 spiro atoms. The molecule has 1 amide bonds. The molecule has 2 N–H and O–H groups in total. The topological polar surface area (TPSA) is 140 Å². The number of aryl methyl sites for hydroxylation is 1. The van der Waals surface area contributed by atoms with Gasteiger partial charge in [-0.25, -0.2) is 13.2 Å². The summed E-state index contributed by atoms with van der Waals surface area (Å²) in [6.07, 6.45) is 2.16. The number of carbonyl (C=O) groups is 2. The fourth-order valence-corrected chi connectivity index (χ4v) is 4.28. The van der Waals surface area contributed by atoms with Gasteiger partial charge in [-0.3, -0.25) is 14.5 Å². The molecule has 0 aliphatic rings. The summed E-state index contributed by atoms with van der Waals surface area (Å²) in [4.78, 5) is 28.5. The molecule has 3 rings (SSSR count). The second-order valence-electron chi connectivity index (χ2n) is 6.28. The summed E-state index contributed by atoms with van der Waals surface area (Å²) in [5.41, 5.74) is 0.642. The summed E-state index contributed by atoms with van der Waals surface area (Å²) in [5.74, 6) is -1.16. The zero-order valence-electron chi connectivity index (χ0n) is 16.6. The van der Waals surface area contributed by atoms with Crippen molar-refractivity contribution in [2.75, 3.05) is 10.0 Å². The number of carbonyl (C=O) groups excluding carboxylic acids is 2. The van der Waals surface area contributed by atoms with Crippen molar-refractivity contribution in [2.24, 2.45) is 0 Å². The Morgan fingerprint density at radius 3 is 2.35 bits per heavy atom. The number of sulfonamides is 1. The molecule has 0 fully saturated rings. The minimum atomic E-state index is -3.84. The smallest absolute Gasteiger partial charge is 0.339 e. The lowest BCUT2D eigenvalue weighted by atomic mass is 10.2. The van der Waals surface area contributed by atoms with Crippen molar-refractivity contribution in [3.05, 3.63) is 59.4 Å². The molecule has 10 nitrogen and oxygen atoms in total. The van der Waals surface area contributed by atoms with E-state index >= 15 is 0 Å². The fraction of sp³-hybridized carbons (Fsp3) is 0.211. The van der Waals surface area contributed by atoms with Gasteiger partial charge in [-0.05, 0) is 49.7 Å². The van der Waals surface area contributed by atoms with Crippen LogP contribution in [0, 0.1) is 6.92 Å². The minimum Gasteiger partial charge on any atom is -0.449 e. The number of rotatable bonds is 8. The SMILES string of the molecule is CCC(OC(=O)c1ccncc1)C(=O)Nc1ccc(S(=O)(=O)Nc2nnc(C)s2)cc1.